The highest BCUT2D eigenvalue weighted by Gasteiger charge is 2.25. The fraction of sp³-hybridized carbons (Fsp3) is 0.115. The monoisotopic (exact) mass is 473 g/mol. The van der Waals surface area contributed by atoms with Crippen molar-refractivity contribution < 1.29 is 17.6 Å². The fourth-order valence-corrected chi connectivity index (χ4v) is 5.63. The number of hydrazone groups is 1. The number of benzene rings is 3. The highest BCUT2D eigenvalue weighted by molar-refractivity contribution is 7.91. The van der Waals surface area contributed by atoms with E-state index in [1.54, 1.807) is 54.6 Å². The third-order valence-corrected chi connectivity index (χ3v) is 7.61. The number of nitrogens with one attached hydrogen (secondary N) is 1. The minimum absolute atomic E-state index is 0.0347. The van der Waals surface area contributed by atoms with Crippen LogP contribution < -0.4 is 5.43 Å². The molecule has 1 N–H and O–H groups in total. The van der Waals surface area contributed by atoms with Gasteiger partial charge in [0.2, 0.25) is 0 Å². The van der Waals surface area contributed by atoms with E-state index in [2.05, 4.69) is 15.5 Å². The molecule has 6 nitrogen and oxygen atoms in total. The molecule has 0 saturated heterocycles. The molecule has 0 fully saturated rings. The summed E-state index contributed by atoms with van der Waals surface area (Å²) in [5.74, 6) is -0.768. The van der Waals surface area contributed by atoms with E-state index in [-0.39, 0.29) is 16.5 Å². The van der Waals surface area contributed by atoms with Crippen molar-refractivity contribution in [3.8, 4) is 11.3 Å². The Morgan fingerprint density at radius 1 is 0.971 bits per heavy atom. The molecule has 0 radical (unpaired) electrons. The number of amides is 1. The lowest BCUT2D eigenvalue weighted by Crippen LogP contribution is -2.21. The first kappa shape index (κ1) is 21.9. The number of aromatic nitrogens is 1. The molecule has 170 valence electrons. The van der Waals surface area contributed by atoms with Crippen LogP contribution in [-0.2, 0) is 9.84 Å². The van der Waals surface area contributed by atoms with Gasteiger partial charge in [0, 0.05) is 16.5 Å². The van der Waals surface area contributed by atoms with Crippen molar-refractivity contribution in [2.75, 3.05) is 5.75 Å². The van der Waals surface area contributed by atoms with E-state index in [1.165, 1.54) is 12.1 Å². The predicted molar refractivity (Wildman–Crippen MR) is 129 cm³/mol. The number of hydrogen-bond donors (Lipinski definition) is 1. The number of para-hydroxylation sites is 1. The second kappa shape index (κ2) is 8.79. The van der Waals surface area contributed by atoms with Crippen molar-refractivity contribution >= 4 is 32.4 Å². The lowest BCUT2D eigenvalue weighted by Gasteiger charge is -2.10. The molecule has 1 aliphatic heterocycles. The molecule has 0 saturated carbocycles. The van der Waals surface area contributed by atoms with Gasteiger partial charge in [-0.15, -0.1) is 0 Å². The first-order valence-corrected chi connectivity index (χ1v) is 12.4. The Hall–Kier alpha value is -3.91. The topological polar surface area (TPSA) is 88.5 Å². The minimum atomic E-state index is -3.40. The first-order valence-electron chi connectivity index (χ1n) is 10.8. The smallest absolute Gasteiger partial charge is 0.267 e. The molecule has 1 amide bonds. The Kier molecular flexibility index (Phi) is 5.67. The van der Waals surface area contributed by atoms with Crippen LogP contribution in [-0.4, -0.2) is 30.8 Å². The molecule has 0 unspecified atom stereocenters. The summed E-state index contributed by atoms with van der Waals surface area (Å²) in [6.45, 7) is 0. The average Bonchev–Trinajstić information content (AvgIpc) is 2.98. The van der Waals surface area contributed by atoms with Crippen molar-refractivity contribution in [3.63, 3.8) is 0 Å². The predicted octanol–water partition coefficient (Wildman–Crippen LogP) is 4.74. The Balaban J connectivity index is 1.54. The molecule has 0 spiro atoms. The molecule has 0 atom stereocenters. The maximum Gasteiger partial charge on any atom is 0.272 e. The Labute approximate surface area is 196 Å². The van der Waals surface area contributed by atoms with Crippen LogP contribution in [0, 0.1) is 5.82 Å². The van der Waals surface area contributed by atoms with Gasteiger partial charge in [-0.25, -0.2) is 23.2 Å². The molecule has 34 heavy (non-hydrogen) atoms. The molecular weight excluding hydrogens is 453 g/mol. The number of pyridine rings is 1. The zero-order chi connectivity index (χ0) is 23.7. The fourth-order valence-electron chi connectivity index (χ4n) is 4.08. The SMILES string of the molecule is O=C(N/N=C1/CCCS(=O)(=O)c2ccccc21)c1cc(-c2ccc(F)cc2)nc2ccccc12. The van der Waals surface area contributed by atoms with Crippen LogP contribution in [0.4, 0.5) is 4.39 Å². The van der Waals surface area contributed by atoms with Gasteiger partial charge in [-0.3, -0.25) is 4.79 Å². The van der Waals surface area contributed by atoms with Gasteiger partial charge < -0.3 is 0 Å². The van der Waals surface area contributed by atoms with Crippen molar-refractivity contribution in [1.29, 1.82) is 0 Å². The maximum absolute atomic E-state index is 13.4. The zero-order valence-electron chi connectivity index (χ0n) is 18.0. The third-order valence-electron chi connectivity index (χ3n) is 5.75. The van der Waals surface area contributed by atoms with Gasteiger partial charge in [0.1, 0.15) is 5.82 Å². The number of rotatable bonds is 3. The summed E-state index contributed by atoms with van der Waals surface area (Å²) in [5, 5.41) is 4.98. The van der Waals surface area contributed by atoms with Crippen LogP contribution >= 0.6 is 0 Å². The van der Waals surface area contributed by atoms with Gasteiger partial charge in [-0.05, 0) is 55.3 Å². The first-order chi connectivity index (χ1) is 16.4. The Morgan fingerprint density at radius 2 is 1.71 bits per heavy atom. The van der Waals surface area contributed by atoms with Gasteiger partial charge in [0.25, 0.3) is 5.91 Å². The molecule has 0 bridgehead atoms. The molecule has 5 rings (SSSR count). The largest absolute Gasteiger partial charge is 0.272 e. The van der Waals surface area contributed by atoms with Crippen molar-refractivity contribution in [2.45, 2.75) is 17.7 Å². The number of carbonyl (C=O) groups excluding carboxylic acids is 1. The third kappa shape index (κ3) is 4.20. The Bertz CT molecular complexity index is 1550. The van der Waals surface area contributed by atoms with Gasteiger partial charge in [0.05, 0.1) is 33.1 Å². The van der Waals surface area contributed by atoms with Crippen LogP contribution in [0.1, 0.15) is 28.8 Å². The molecule has 4 aromatic rings. The molecule has 3 aromatic carbocycles. The Morgan fingerprint density at radius 3 is 2.53 bits per heavy atom. The van der Waals surface area contributed by atoms with E-state index in [4.69, 9.17) is 0 Å². The van der Waals surface area contributed by atoms with Crippen LogP contribution in [0.5, 0.6) is 0 Å². The van der Waals surface area contributed by atoms with Crippen molar-refractivity contribution in [1.82, 2.24) is 10.4 Å². The van der Waals surface area contributed by atoms with Crippen LogP contribution in [0.3, 0.4) is 0 Å². The highest BCUT2D eigenvalue weighted by atomic mass is 32.2. The van der Waals surface area contributed by atoms with Crippen molar-refractivity contribution in [2.24, 2.45) is 5.10 Å². The van der Waals surface area contributed by atoms with E-state index in [0.717, 1.165) is 0 Å². The second-order valence-corrected chi connectivity index (χ2v) is 10.1. The number of hydrogen-bond acceptors (Lipinski definition) is 5. The lowest BCUT2D eigenvalue weighted by atomic mass is 10.0. The standard InChI is InChI=1S/C26H20FN3O3S/c27-18-13-11-17(12-14-18)24-16-21(19-6-1-3-8-22(19)28-24)26(31)30-29-23-9-5-15-34(32,33)25-10-4-2-7-20(23)25/h1-4,6-8,10-14,16H,5,9,15H2,(H,30,31)/b29-23-. The number of fused-ring (bicyclic) bond motifs is 2. The van der Waals surface area contributed by atoms with E-state index >= 15 is 0 Å². The summed E-state index contributed by atoms with van der Waals surface area (Å²) < 4.78 is 38.5. The lowest BCUT2D eigenvalue weighted by molar-refractivity contribution is 0.0956. The van der Waals surface area contributed by atoms with Gasteiger partial charge in [-0.2, -0.15) is 5.10 Å². The number of sulfone groups is 1. The van der Waals surface area contributed by atoms with Gasteiger partial charge in [0.15, 0.2) is 9.84 Å². The number of carbonyl (C=O) groups is 1. The maximum atomic E-state index is 13.4. The molecular formula is C26H20FN3O3S. The number of halogens is 1. The summed E-state index contributed by atoms with van der Waals surface area (Å²) in [6, 6.07) is 21.5. The van der Waals surface area contributed by atoms with Crippen LogP contribution in [0.2, 0.25) is 0 Å². The minimum Gasteiger partial charge on any atom is -0.267 e. The van der Waals surface area contributed by atoms with Crippen LogP contribution in [0.15, 0.2) is 88.9 Å². The molecule has 0 aliphatic carbocycles. The number of nitrogens with zero attached hydrogens (tertiary/aromatic N) is 2. The quantitative estimate of drug-likeness (QED) is 0.435. The average molecular weight is 474 g/mol. The summed E-state index contributed by atoms with van der Waals surface area (Å²) in [7, 11) is -3.40. The van der Waals surface area contributed by atoms with E-state index in [0.29, 0.717) is 51.8 Å². The summed E-state index contributed by atoms with van der Waals surface area (Å²) in [6.07, 6.45) is 0.840. The van der Waals surface area contributed by atoms with Gasteiger partial charge in [-0.1, -0.05) is 36.4 Å². The zero-order valence-corrected chi connectivity index (χ0v) is 18.8. The normalized spacial score (nSPS) is 16.1. The van der Waals surface area contributed by atoms with E-state index in [1.807, 2.05) is 12.1 Å². The summed E-state index contributed by atoms with van der Waals surface area (Å²) >= 11 is 0. The second-order valence-electron chi connectivity index (χ2n) is 8.00. The summed E-state index contributed by atoms with van der Waals surface area (Å²) in [4.78, 5) is 18.1. The molecule has 1 aromatic heterocycles. The van der Waals surface area contributed by atoms with Crippen LogP contribution in [0.25, 0.3) is 22.2 Å². The van der Waals surface area contributed by atoms with E-state index < -0.39 is 15.7 Å². The molecule has 1 aliphatic rings. The molecule has 2 heterocycles. The highest BCUT2D eigenvalue weighted by Crippen LogP contribution is 2.26. The van der Waals surface area contributed by atoms with Crippen molar-refractivity contribution in [3.05, 3.63) is 95.8 Å². The molecule has 8 heteroatoms. The summed E-state index contributed by atoms with van der Waals surface area (Å²) in [5.41, 5.74) is 5.82. The van der Waals surface area contributed by atoms with E-state index in [9.17, 15) is 17.6 Å². The van der Waals surface area contributed by atoms with Gasteiger partial charge >= 0.3 is 0 Å².